The largest absolute Gasteiger partial charge is 0.497 e. The van der Waals surface area contributed by atoms with E-state index in [2.05, 4.69) is 9.46 Å². The molecular weight excluding hydrogens is 330 g/mol. The predicted octanol–water partition coefficient (Wildman–Crippen LogP) is 2.90. The molecule has 0 aliphatic heterocycles. The first-order valence-electron chi connectivity index (χ1n) is 7.15. The highest BCUT2D eigenvalue weighted by atomic mass is 32.2. The maximum Gasteiger partial charge on any atom is 0.337 e. The lowest BCUT2D eigenvalue weighted by molar-refractivity contribution is 0.0601. The fourth-order valence-electron chi connectivity index (χ4n) is 2.45. The molecule has 128 valence electrons. The van der Waals surface area contributed by atoms with Crippen molar-refractivity contribution in [1.82, 2.24) is 0 Å². The summed E-state index contributed by atoms with van der Waals surface area (Å²) in [5.74, 6) is 0.123. The van der Waals surface area contributed by atoms with Crippen LogP contribution < -0.4 is 9.46 Å². The normalized spacial score (nSPS) is 11.0. The smallest absolute Gasteiger partial charge is 0.337 e. The van der Waals surface area contributed by atoms with Gasteiger partial charge in [0.05, 0.1) is 24.7 Å². The van der Waals surface area contributed by atoms with Gasteiger partial charge in [-0.3, -0.25) is 4.72 Å². The van der Waals surface area contributed by atoms with Gasteiger partial charge in [0.2, 0.25) is 0 Å². The first-order valence-corrected chi connectivity index (χ1v) is 8.63. The number of esters is 1. The van der Waals surface area contributed by atoms with Gasteiger partial charge in [-0.05, 0) is 61.4 Å². The van der Waals surface area contributed by atoms with Crippen LogP contribution in [0.3, 0.4) is 0 Å². The lowest BCUT2D eigenvalue weighted by atomic mass is 10.1. The second kappa shape index (κ2) is 6.92. The summed E-state index contributed by atoms with van der Waals surface area (Å²) in [7, 11) is -0.943. The van der Waals surface area contributed by atoms with Crippen molar-refractivity contribution in [2.45, 2.75) is 18.7 Å². The van der Waals surface area contributed by atoms with Crippen LogP contribution in [0.4, 0.5) is 5.69 Å². The van der Waals surface area contributed by atoms with E-state index in [-0.39, 0.29) is 4.90 Å². The Morgan fingerprint density at radius 1 is 1.00 bits per heavy atom. The van der Waals surface area contributed by atoms with E-state index in [1.54, 1.807) is 26.0 Å². The molecule has 0 spiro atoms. The highest BCUT2D eigenvalue weighted by Gasteiger charge is 2.21. The standard InChI is InChI=1S/C17H19NO5S/c1-11-9-15(22-3)10-12(2)16(11)24(20,21)18-14-7-5-13(6-8-14)17(19)23-4/h5-10,18H,1-4H3. The average molecular weight is 349 g/mol. The molecule has 0 heterocycles. The topological polar surface area (TPSA) is 81.7 Å². The van der Waals surface area contributed by atoms with Gasteiger partial charge >= 0.3 is 5.97 Å². The number of carbonyl (C=O) groups excluding carboxylic acids is 1. The minimum absolute atomic E-state index is 0.209. The first-order chi connectivity index (χ1) is 11.3. The number of sulfonamides is 1. The summed E-state index contributed by atoms with van der Waals surface area (Å²) in [5.41, 5.74) is 1.88. The minimum Gasteiger partial charge on any atom is -0.497 e. The molecule has 0 radical (unpaired) electrons. The van der Waals surface area contributed by atoms with Crippen molar-refractivity contribution >= 4 is 21.7 Å². The summed E-state index contributed by atoms with van der Waals surface area (Å²) in [5, 5.41) is 0. The fraction of sp³-hybridized carbons (Fsp3) is 0.235. The van der Waals surface area contributed by atoms with Crippen molar-refractivity contribution in [1.29, 1.82) is 0 Å². The third-order valence-electron chi connectivity index (χ3n) is 3.50. The maximum absolute atomic E-state index is 12.7. The summed E-state index contributed by atoms with van der Waals surface area (Å²) in [4.78, 5) is 11.6. The Morgan fingerprint density at radius 2 is 1.54 bits per heavy atom. The molecule has 6 nitrogen and oxygen atoms in total. The molecule has 0 bridgehead atoms. The fourth-order valence-corrected chi connectivity index (χ4v) is 3.96. The van der Waals surface area contributed by atoms with E-state index in [9.17, 15) is 13.2 Å². The van der Waals surface area contributed by atoms with Gasteiger partial charge in [0, 0.05) is 5.69 Å². The third kappa shape index (κ3) is 3.68. The molecular formula is C17H19NO5S. The van der Waals surface area contributed by atoms with Crippen LogP contribution in [0.1, 0.15) is 21.5 Å². The number of hydrogen-bond donors (Lipinski definition) is 1. The lowest BCUT2D eigenvalue weighted by Crippen LogP contribution is -2.16. The number of rotatable bonds is 5. The number of methoxy groups -OCH3 is 2. The Hall–Kier alpha value is -2.54. The van der Waals surface area contributed by atoms with Crippen molar-refractivity contribution in [3.05, 3.63) is 53.1 Å². The van der Waals surface area contributed by atoms with E-state index in [0.717, 1.165) is 0 Å². The van der Waals surface area contributed by atoms with Gasteiger partial charge in [-0.25, -0.2) is 13.2 Å². The Bertz CT molecular complexity index is 834. The summed E-state index contributed by atoms with van der Waals surface area (Å²) >= 11 is 0. The molecule has 2 aromatic carbocycles. The monoisotopic (exact) mass is 349 g/mol. The Morgan fingerprint density at radius 3 is 2.00 bits per heavy atom. The SMILES string of the molecule is COC(=O)c1ccc(NS(=O)(=O)c2c(C)cc(OC)cc2C)cc1. The molecule has 0 aliphatic rings. The summed E-state index contributed by atoms with van der Waals surface area (Å²) < 4.78 is 37.6. The number of carbonyl (C=O) groups is 1. The van der Waals surface area contributed by atoms with Crippen LogP contribution in [0, 0.1) is 13.8 Å². The molecule has 0 saturated carbocycles. The zero-order valence-corrected chi connectivity index (χ0v) is 14.7. The minimum atomic E-state index is -3.76. The van der Waals surface area contributed by atoms with Gasteiger partial charge in [-0.1, -0.05) is 0 Å². The Balaban J connectivity index is 2.34. The van der Waals surface area contributed by atoms with Crippen molar-refractivity contribution in [2.24, 2.45) is 0 Å². The predicted molar refractivity (Wildman–Crippen MR) is 91.1 cm³/mol. The zero-order chi connectivity index (χ0) is 17.9. The van der Waals surface area contributed by atoms with E-state index in [4.69, 9.17) is 4.74 Å². The van der Waals surface area contributed by atoms with E-state index in [1.165, 1.54) is 38.5 Å². The molecule has 0 aromatic heterocycles. The summed E-state index contributed by atoms with van der Waals surface area (Å²) in [6.45, 7) is 3.43. The van der Waals surface area contributed by atoms with Crippen molar-refractivity contribution in [3.63, 3.8) is 0 Å². The van der Waals surface area contributed by atoms with Gasteiger partial charge in [-0.15, -0.1) is 0 Å². The molecule has 2 aromatic rings. The molecule has 2 rings (SSSR count). The number of nitrogens with one attached hydrogen (secondary N) is 1. The number of benzene rings is 2. The van der Waals surface area contributed by atoms with Crippen LogP contribution in [0.15, 0.2) is 41.3 Å². The van der Waals surface area contributed by atoms with Crippen LogP contribution in [0.2, 0.25) is 0 Å². The van der Waals surface area contributed by atoms with Gasteiger partial charge in [0.25, 0.3) is 10.0 Å². The number of anilines is 1. The first kappa shape index (κ1) is 17.8. The molecule has 1 N–H and O–H groups in total. The van der Waals surface area contributed by atoms with E-state index in [0.29, 0.717) is 28.1 Å². The summed E-state index contributed by atoms with van der Waals surface area (Å²) in [6, 6.07) is 9.36. The van der Waals surface area contributed by atoms with E-state index < -0.39 is 16.0 Å². The van der Waals surface area contributed by atoms with E-state index >= 15 is 0 Å². The van der Waals surface area contributed by atoms with E-state index in [1.807, 2.05) is 0 Å². The third-order valence-corrected chi connectivity index (χ3v) is 5.18. The molecule has 0 unspecified atom stereocenters. The van der Waals surface area contributed by atoms with Gasteiger partial charge in [-0.2, -0.15) is 0 Å². The van der Waals surface area contributed by atoms with Gasteiger partial charge in [0.15, 0.2) is 0 Å². The highest BCUT2D eigenvalue weighted by molar-refractivity contribution is 7.92. The Kier molecular flexibility index (Phi) is 5.14. The molecule has 0 amide bonds. The molecule has 0 aliphatic carbocycles. The zero-order valence-electron chi connectivity index (χ0n) is 13.9. The quantitative estimate of drug-likeness (QED) is 0.840. The second-order valence-electron chi connectivity index (χ2n) is 5.26. The van der Waals surface area contributed by atoms with Crippen molar-refractivity contribution < 1.29 is 22.7 Å². The summed E-state index contributed by atoms with van der Waals surface area (Å²) in [6.07, 6.45) is 0. The highest BCUT2D eigenvalue weighted by Crippen LogP contribution is 2.27. The van der Waals surface area contributed by atoms with Crippen LogP contribution in [0.5, 0.6) is 5.75 Å². The molecule has 0 saturated heterocycles. The van der Waals surface area contributed by atoms with Crippen LogP contribution in [0.25, 0.3) is 0 Å². The van der Waals surface area contributed by atoms with Crippen LogP contribution in [-0.2, 0) is 14.8 Å². The van der Waals surface area contributed by atoms with Crippen molar-refractivity contribution in [2.75, 3.05) is 18.9 Å². The van der Waals surface area contributed by atoms with Crippen LogP contribution >= 0.6 is 0 Å². The lowest BCUT2D eigenvalue weighted by Gasteiger charge is -2.14. The molecule has 0 atom stereocenters. The van der Waals surface area contributed by atoms with Gasteiger partial charge < -0.3 is 9.47 Å². The second-order valence-corrected chi connectivity index (χ2v) is 6.88. The number of ether oxygens (including phenoxy) is 2. The van der Waals surface area contributed by atoms with Crippen LogP contribution in [-0.4, -0.2) is 28.6 Å². The average Bonchev–Trinajstić information content (AvgIpc) is 2.53. The maximum atomic E-state index is 12.7. The number of hydrogen-bond acceptors (Lipinski definition) is 5. The van der Waals surface area contributed by atoms with Crippen molar-refractivity contribution in [3.8, 4) is 5.75 Å². The molecule has 24 heavy (non-hydrogen) atoms. The number of aryl methyl sites for hydroxylation is 2. The Labute approximate surface area is 141 Å². The molecule has 0 fully saturated rings. The van der Waals surface area contributed by atoms with Gasteiger partial charge in [0.1, 0.15) is 5.75 Å². The molecule has 7 heteroatoms.